The molecule has 7 heteroatoms. The lowest BCUT2D eigenvalue weighted by atomic mass is 10.2. The van der Waals surface area contributed by atoms with E-state index in [2.05, 4.69) is 15.4 Å². The number of halogens is 2. The second kappa shape index (κ2) is 6.31. The fourth-order valence-electron chi connectivity index (χ4n) is 1.91. The Hall–Kier alpha value is -2.18. The maximum atomic E-state index is 12.0. The molecule has 20 heavy (non-hydrogen) atoms. The summed E-state index contributed by atoms with van der Waals surface area (Å²) < 4.78 is 28.2. The van der Waals surface area contributed by atoms with Gasteiger partial charge in [0.1, 0.15) is 11.8 Å². The predicted molar refractivity (Wildman–Crippen MR) is 66.1 cm³/mol. The molecule has 0 bridgehead atoms. The summed E-state index contributed by atoms with van der Waals surface area (Å²) in [6.45, 7) is -2.59. The number of alkyl halides is 2. The Morgan fingerprint density at radius 1 is 1.40 bits per heavy atom. The number of hydrogen-bond donors (Lipinski definition) is 2. The number of nitrogens with one attached hydrogen (secondary N) is 2. The van der Waals surface area contributed by atoms with E-state index in [4.69, 9.17) is 0 Å². The summed E-state index contributed by atoms with van der Waals surface area (Å²) in [5.74, 6) is -0.305. The zero-order valence-electron chi connectivity index (χ0n) is 10.6. The summed E-state index contributed by atoms with van der Waals surface area (Å²) in [5, 5.41) is 5.25. The van der Waals surface area contributed by atoms with E-state index in [1.165, 1.54) is 12.1 Å². The molecule has 0 spiro atoms. The van der Waals surface area contributed by atoms with Crippen LogP contribution in [-0.2, 0) is 16.1 Å². The minimum Gasteiger partial charge on any atom is -0.435 e. The van der Waals surface area contributed by atoms with E-state index in [0.29, 0.717) is 12.8 Å². The Morgan fingerprint density at radius 3 is 2.65 bits per heavy atom. The maximum Gasteiger partial charge on any atom is 0.387 e. The van der Waals surface area contributed by atoms with Gasteiger partial charge in [0.2, 0.25) is 11.8 Å². The van der Waals surface area contributed by atoms with Crippen molar-refractivity contribution in [2.45, 2.75) is 32.0 Å². The molecule has 1 aliphatic rings. The van der Waals surface area contributed by atoms with Crippen LogP contribution >= 0.6 is 0 Å². The maximum absolute atomic E-state index is 12.0. The summed E-state index contributed by atoms with van der Waals surface area (Å²) in [6.07, 6.45) is 0.851. The second-order valence-corrected chi connectivity index (χ2v) is 4.40. The van der Waals surface area contributed by atoms with E-state index >= 15 is 0 Å². The highest BCUT2D eigenvalue weighted by Gasteiger charge is 2.26. The predicted octanol–water partition coefficient (Wildman–Crippen LogP) is 1.18. The fourth-order valence-corrected chi connectivity index (χ4v) is 1.91. The molecule has 0 radical (unpaired) electrons. The van der Waals surface area contributed by atoms with E-state index in [9.17, 15) is 18.4 Å². The number of amides is 2. The molecule has 1 unspecified atom stereocenters. The van der Waals surface area contributed by atoms with Crippen LogP contribution in [0.3, 0.4) is 0 Å². The molecule has 0 saturated carbocycles. The van der Waals surface area contributed by atoms with E-state index in [1.54, 1.807) is 12.1 Å². The van der Waals surface area contributed by atoms with Crippen LogP contribution in [0, 0.1) is 0 Å². The van der Waals surface area contributed by atoms with Gasteiger partial charge in [0.25, 0.3) is 0 Å². The molecule has 108 valence electrons. The first-order valence-corrected chi connectivity index (χ1v) is 6.15. The van der Waals surface area contributed by atoms with Crippen molar-refractivity contribution >= 4 is 11.8 Å². The monoisotopic (exact) mass is 284 g/mol. The van der Waals surface area contributed by atoms with E-state index in [-0.39, 0.29) is 24.1 Å². The van der Waals surface area contributed by atoms with Gasteiger partial charge >= 0.3 is 6.61 Å². The number of ether oxygens (including phenoxy) is 1. The standard InChI is InChI=1S/C13H14F2N2O3/c14-13(15)20-9-3-1-8(2-4-9)7-16-12(19)10-5-6-11(18)17-10/h1-4,10,13H,5-7H2,(H,16,19)(H,17,18). The lowest BCUT2D eigenvalue weighted by Gasteiger charge is -2.11. The zero-order valence-corrected chi connectivity index (χ0v) is 10.6. The van der Waals surface area contributed by atoms with Crippen molar-refractivity contribution in [2.75, 3.05) is 0 Å². The third-order valence-electron chi connectivity index (χ3n) is 2.93. The van der Waals surface area contributed by atoms with Crippen LogP contribution in [-0.4, -0.2) is 24.5 Å². The molecule has 2 N–H and O–H groups in total. The van der Waals surface area contributed by atoms with Crippen molar-refractivity contribution in [2.24, 2.45) is 0 Å². The van der Waals surface area contributed by atoms with Crippen LogP contribution in [0.4, 0.5) is 8.78 Å². The zero-order chi connectivity index (χ0) is 14.5. The number of carbonyl (C=O) groups excluding carboxylic acids is 2. The van der Waals surface area contributed by atoms with Gasteiger partial charge < -0.3 is 15.4 Å². The minimum absolute atomic E-state index is 0.0677. The van der Waals surface area contributed by atoms with Gasteiger partial charge in [-0.2, -0.15) is 8.78 Å². The van der Waals surface area contributed by atoms with Crippen molar-refractivity contribution in [3.8, 4) is 5.75 Å². The number of rotatable bonds is 5. The molecule has 0 aliphatic carbocycles. The van der Waals surface area contributed by atoms with Crippen molar-refractivity contribution < 1.29 is 23.1 Å². The Balaban J connectivity index is 1.81. The molecule has 1 saturated heterocycles. The molecule has 2 amide bonds. The first-order chi connectivity index (χ1) is 9.54. The average Bonchev–Trinajstić information content (AvgIpc) is 2.84. The molecule has 0 aromatic heterocycles. The van der Waals surface area contributed by atoms with Gasteiger partial charge in [-0.1, -0.05) is 12.1 Å². The van der Waals surface area contributed by atoms with Gasteiger partial charge in [0.15, 0.2) is 0 Å². The summed E-state index contributed by atoms with van der Waals surface area (Å²) in [5.41, 5.74) is 0.754. The van der Waals surface area contributed by atoms with Crippen LogP contribution in [0.15, 0.2) is 24.3 Å². The van der Waals surface area contributed by atoms with Crippen LogP contribution in [0.25, 0.3) is 0 Å². The molecule has 1 aliphatic heterocycles. The number of carbonyl (C=O) groups is 2. The molecule has 1 aromatic carbocycles. The average molecular weight is 284 g/mol. The third-order valence-corrected chi connectivity index (χ3v) is 2.93. The van der Waals surface area contributed by atoms with Crippen LogP contribution in [0.5, 0.6) is 5.75 Å². The van der Waals surface area contributed by atoms with Crippen LogP contribution in [0.1, 0.15) is 18.4 Å². The molecule has 1 heterocycles. The summed E-state index contributed by atoms with van der Waals surface area (Å²) in [4.78, 5) is 22.7. The first kappa shape index (κ1) is 14.2. The Bertz CT molecular complexity index is 491. The summed E-state index contributed by atoms with van der Waals surface area (Å²) in [7, 11) is 0. The van der Waals surface area contributed by atoms with Crippen molar-refractivity contribution in [1.82, 2.24) is 10.6 Å². The quantitative estimate of drug-likeness (QED) is 0.853. The van der Waals surface area contributed by atoms with Gasteiger partial charge in [-0.05, 0) is 24.1 Å². The Labute approximate surface area is 114 Å². The normalized spacial score (nSPS) is 17.9. The molecular weight excluding hydrogens is 270 g/mol. The molecule has 1 atom stereocenters. The van der Waals surface area contributed by atoms with E-state index < -0.39 is 12.7 Å². The van der Waals surface area contributed by atoms with Gasteiger partial charge in [-0.25, -0.2) is 0 Å². The third kappa shape index (κ3) is 3.91. The minimum atomic E-state index is -2.86. The fraction of sp³-hybridized carbons (Fsp3) is 0.385. The summed E-state index contributed by atoms with van der Waals surface area (Å²) in [6, 6.07) is 5.51. The van der Waals surface area contributed by atoms with Gasteiger partial charge in [0, 0.05) is 13.0 Å². The van der Waals surface area contributed by atoms with Crippen molar-refractivity contribution in [3.05, 3.63) is 29.8 Å². The lowest BCUT2D eigenvalue weighted by Crippen LogP contribution is -2.41. The highest BCUT2D eigenvalue weighted by Crippen LogP contribution is 2.15. The highest BCUT2D eigenvalue weighted by molar-refractivity contribution is 5.90. The molecule has 1 aromatic rings. The van der Waals surface area contributed by atoms with Crippen LogP contribution in [0.2, 0.25) is 0 Å². The Kier molecular flexibility index (Phi) is 4.49. The Morgan fingerprint density at radius 2 is 2.10 bits per heavy atom. The summed E-state index contributed by atoms with van der Waals surface area (Å²) >= 11 is 0. The highest BCUT2D eigenvalue weighted by atomic mass is 19.3. The topological polar surface area (TPSA) is 67.4 Å². The van der Waals surface area contributed by atoms with Crippen molar-refractivity contribution in [1.29, 1.82) is 0 Å². The second-order valence-electron chi connectivity index (χ2n) is 4.40. The van der Waals surface area contributed by atoms with Crippen molar-refractivity contribution in [3.63, 3.8) is 0 Å². The molecule has 2 rings (SSSR count). The van der Waals surface area contributed by atoms with E-state index in [0.717, 1.165) is 5.56 Å². The number of benzene rings is 1. The van der Waals surface area contributed by atoms with Gasteiger partial charge in [-0.15, -0.1) is 0 Å². The molecular formula is C13H14F2N2O3. The number of hydrogen-bond acceptors (Lipinski definition) is 3. The molecule has 1 fully saturated rings. The molecule has 5 nitrogen and oxygen atoms in total. The van der Waals surface area contributed by atoms with Crippen LogP contribution < -0.4 is 15.4 Å². The SMILES string of the molecule is O=C1CCC(C(=O)NCc2ccc(OC(F)F)cc2)N1. The first-order valence-electron chi connectivity index (χ1n) is 6.15. The van der Waals surface area contributed by atoms with Gasteiger partial charge in [0.05, 0.1) is 0 Å². The smallest absolute Gasteiger partial charge is 0.387 e. The lowest BCUT2D eigenvalue weighted by molar-refractivity contribution is -0.125. The van der Waals surface area contributed by atoms with E-state index in [1.807, 2.05) is 0 Å². The largest absolute Gasteiger partial charge is 0.435 e. The van der Waals surface area contributed by atoms with Gasteiger partial charge in [-0.3, -0.25) is 9.59 Å².